The van der Waals surface area contributed by atoms with Crippen LogP contribution in [0.5, 0.6) is 11.5 Å². The highest BCUT2D eigenvalue weighted by molar-refractivity contribution is 6.14. The van der Waals surface area contributed by atoms with Crippen molar-refractivity contribution >= 4 is 11.7 Å². The first-order chi connectivity index (χ1) is 10.5. The standard InChI is InChI=1S/C16H17N3O3/c1-10-3-5-11(6-4-10)15(18-19-16(17)21)13-8-7-12(22-2)9-14(13)20/h3-9,20H,1-2H3,(H3,17,19,21). The zero-order chi connectivity index (χ0) is 16.1. The van der Waals surface area contributed by atoms with Crippen LogP contribution in [0.3, 0.4) is 0 Å². The molecule has 114 valence electrons. The molecule has 0 spiro atoms. The Balaban J connectivity index is 2.51. The first-order valence-corrected chi connectivity index (χ1v) is 6.59. The molecule has 6 nitrogen and oxygen atoms in total. The molecule has 2 aromatic rings. The summed E-state index contributed by atoms with van der Waals surface area (Å²) in [6.45, 7) is 1.97. The lowest BCUT2D eigenvalue weighted by Gasteiger charge is -2.11. The molecule has 0 saturated heterocycles. The second-order valence-corrected chi connectivity index (χ2v) is 4.69. The van der Waals surface area contributed by atoms with Gasteiger partial charge in [-0.15, -0.1) is 0 Å². The Labute approximate surface area is 128 Å². The third-order valence-corrected chi connectivity index (χ3v) is 3.06. The van der Waals surface area contributed by atoms with E-state index in [1.807, 2.05) is 31.2 Å². The second kappa shape index (κ2) is 6.62. The number of carbonyl (C=O) groups is 1. The van der Waals surface area contributed by atoms with Gasteiger partial charge in [-0.25, -0.2) is 10.2 Å². The Bertz CT molecular complexity index is 709. The molecule has 0 aliphatic rings. The van der Waals surface area contributed by atoms with E-state index in [9.17, 15) is 9.90 Å². The molecule has 6 heteroatoms. The summed E-state index contributed by atoms with van der Waals surface area (Å²) in [5.74, 6) is 0.511. The quantitative estimate of drug-likeness (QED) is 0.596. The van der Waals surface area contributed by atoms with E-state index >= 15 is 0 Å². The van der Waals surface area contributed by atoms with Crippen molar-refractivity contribution in [3.63, 3.8) is 0 Å². The van der Waals surface area contributed by atoms with Gasteiger partial charge in [0.1, 0.15) is 17.2 Å². The topological polar surface area (TPSA) is 96.9 Å². The van der Waals surface area contributed by atoms with Crippen LogP contribution in [0.25, 0.3) is 0 Å². The van der Waals surface area contributed by atoms with E-state index in [1.54, 1.807) is 12.1 Å². The number of amides is 2. The lowest BCUT2D eigenvalue weighted by Crippen LogP contribution is -2.26. The Kier molecular flexibility index (Phi) is 4.63. The lowest BCUT2D eigenvalue weighted by atomic mass is 10.0. The summed E-state index contributed by atoms with van der Waals surface area (Å²) >= 11 is 0. The first-order valence-electron chi connectivity index (χ1n) is 6.59. The Morgan fingerprint density at radius 3 is 2.45 bits per heavy atom. The Morgan fingerprint density at radius 1 is 1.23 bits per heavy atom. The van der Waals surface area contributed by atoms with Crippen molar-refractivity contribution in [1.82, 2.24) is 5.43 Å². The van der Waals surface area contributed by atoms with Crippen LogP contribution < -0.4 is 15.9 Å². The van der Waals surface area contributed by atoms with E-state index in [0.29, 0.717) is 17.0 Å². The summed E-state index contributed by atoms with van der Waals surface area (Å²) in [7, 11) is 1.51. The number of aryl methyl sites for hydroxylation is 1. The van der Waals surface area contributed by atoms with E-state index in [4.69, 9.17) is 10.5 Å². The number of rotatable bonds is 4. The number of nitrogens with one attached hydrogen (secondary N) is 1. The largest absolute Gasteiger partial charge is 0.507 e. The van der Waals surface area contributed by atoms with Gasteiger partial charge in [0.05, 0.1) is 7.11 Å². The van der Waals surface area contributed by atoms with Gasteiger partial charge < -0.3 is 15.6 Å². The molecule has 2 amide bonds. The van der Waals surface area contributed by atoms with Gasteiger partial charge in [-0.2, -0.15) is 5.10 Å². The van der Waals surface area contributed by atoms with Crippen molar-refractivity contribution in [3.8, 4) is 11.5 Å². The number of hydrazone groups is 1. The molecule has 0 heterocycles. The van der Waals surface area contributed by atoms with Crippen LogP contribution >= 0.6 is 0 Å². The number of hydrogen-bond acceptors (Lipinski definition) is 4. The second-order valence-electron chi connectivity index (χ2n) is 4.69. The van der Waals surface area contributed by atoms with E-state index in [0.717, 1.165) is 11.1 Å². The molecule has 0 aliphatic carbocycles. The van der Waals surface area contributed by atoms with Crippen molar-refractivity contribution in [3.05, 3.63) is 59.2 Å². The minimum Gasteiger partial charge on any atom is -0.507 e. The number of phenolic OH excluding ortho intramolecular Hbond substituents is 1. The van der Waals surface area contributed by atoms with Crippen molar-refractivity contribution < 1.29 is 14.6 Å². The number of nitrogens with zero attached hydrogens (tertiary/aromatic N) is 1. The van der Waals surface area contributed by atoms with Gasteiger partial charge in [-0.3, -0.25) is 0 Å². The van der Waals surface area contributed by atoms with Gasteiger partial charge in [0.2, 0.25) is 0 Å². The Morgan fingerprint density at radius 2 is 1.91 bits per heavy atom. The molecule has 0 saturated carbocycles. The summed E-state index contributed by atoms with van der Waals surface area (Å²) in [5.41, 5.74) is 9.95. The predicted octanol–water partition coefficient (Wildman–Crippen LogP) is 2.13. The molecule has 2 rings (SSSR count). The van der Waals surface area contributed by atoms with Gasteiger partial charge in [-0.05, 0) is 19.1 Å². The summed E-state index contributed by atoms with van der Waals surface area (Å²) in [4.78, 5) is 10.9. The van der Waals surface area contributed by atoms with Crippen molar-refractivity contribution in [2.45, 2.75) is 6.92 Å². The number of hydrogen-bond donors (Lipinski definition) is 3. The number of urea groups is 1. The van der Waals surface area contributed by atoms with Gasteiger partial charge in [-0.1, -0.05) is 29.8 Å². The van der Waals surface area contributed by atoms with Crippen molar-refractivity contribution in [1.29, 1.82) is 0 Å². The third-order valence-electron chi connectivity index (χ3n) is 3.06. The van der Waals surface area contributed by atoms with Gasteiger partial charge in [0.25, 0.3) is 0 Å². The van der Waals surface area contributed by atoms with Crippen LogP contribution in [-0.4, -0.2) is 24.0 Å². The molecular weight excluding hydrogens is 282 g/mol. The molecule has 0 fully saturated rings. The van der Waals surface area contributed by atoms with E-state index in [-0.39, 0.29) is 5.75 Å². The molecule has 22 heavy (non-hydrogen) atoms. The Hall–Kier alpha value is -3.02. The fourth-order valence-corrected chi connectivity index (χ4v) is 1.94. The van der Waals surface area contributed by atoms with Crippen molar-refractivity contribution in [2.75, 3.05) is 7.11 Å². The number of carbonyl (C=O) groups excluding carboxylic acids is 1. The number of phenols is 1. The fourth-order valence-electron chi connectivity index (χ4n) is 1.94. The van der Waals surface area contributed by atoms with Crippen LogP contribution in [-0.2, 0) is 0 Å². The number of benzene rings is 2. The molecule has 0 bridgehead atoms. The van der Waals surface area contributed by atoms with Crippen LogP contribution in [0.15, 0.2) is 47.6 Å². The van der Waals surface area contributed by atoms with Gasteiger partial charge in [0.15, 0.2) is 0 Å². The normalized spacial score (nSPS) is 11.1. The average molecular weight is 299 g/mol. The molecule has 0 unspecified atom stereocenters. The van der Waals surface area contributed by atoms with Crippen LogP contribution in [0.1, 0.15) is 16.7 Å². The summed E-state index contributed by atoms with van der Waals surface area (Å²) < 4.78 is 5.06. The fraction of sp³-hybridized carbons (Fsp3) is 0.125. The minimum absolute atomic E-state index is 0.00931. The molecular formula is C16H17N3O3. The summed E-state index contributed by atoms with van der Waals surface area (Å²) in [5, 5.41) is 14.2. The average Bonchev–Trinajstić information content (AvgIpc) is 2.50. The smallest absolute Gasteiger partial charge is 0.332 e. The molecule has 0 aliphatic heterocycles. The van der Waals surface area contributed by atoms with Crippen LogP contribution in [0.2, 0.25) is 0 Å². The highest BCUT2D eigenvalue weighted by Crippen LogP contribution is 2.26. The van der Waals surface area contributed by atoms with E-state index in [2.05, 4.69) is 10.5 Å². The summed E-state index contributed by atoms with van der Waals surface area (Å²) in [6, 6.07) is 11.6. The van der Waals surface area contributed by atoms with Crippen molar-refractivity contribution in [2.24, 2.45) is 10.8 Å². The zero-order valence-electron chi connectivity index (χ0n) is 12.3. The van der Waals surface area contributed by atoms with E-state index < -0.39 is 6.03 Å². The minimum atomic E-state index is -0.780. The molecule has 4 N–H and O–H groups in total. The monoisotopic (exact) mass is 299 g/mol. The maximum atomic E-state index is 10.9. The number of methoxy groups -OCH3 is 1. The zero-order valence-corrected chi connectivity index (χ0v) is 12.3. The highest BCUT2D eigenvalue weighted by Gasteiger charge is 2.13. The third kappa shape index (κ3) is 3.54. The lowest BCUT2D eigenvalue weighted by molar-refractivity contribution is 0.249. The number of nitrogens with two attached hydrogens (primary N) is 1. The molecule has 0 radical (unpaired) electrons. The maximum Gasteiger partial charge on any atom is 0.332 e. The first kappa shape index (κ1) is 15.4. The van der Waals surface area contributed by atoms with Crippen LogP contribution in [0, 0.1) is 6.92 Å². The number of primary amides is 1. The number of ether oxygens (including phenoxy) is 1. The van der Waals surface area contributed by atoms with Gasteiger partial charge >= 0.3 is 6.03 Å². The van der Waals surface area contributed by atoms with Gasteiger partial charge in [0, 0.05) is 17.2 Å². The SMILES string of the molecule is COc1ccc(C(=NNC(N)=O)c2ccc(C)cc2)c(O)c1. The molecule has 0 atom stereocenters. The molecule has 0 aromatic heterocycles. The maximum absolute atomic E-state index is 10.9. The van der Waals surface area contributed by atoms with Crippen LogP contribution in [0.4, 0.5) is 4.79 Å². The van der Waals surface area contributed by atoms with E-state index in [1.165, 1.54) is 13.2 Å². The summed E-state index contributed by atoms with van der Waals surface area (Å²) in [6.07, 6.45) is 0. The predicted molar refractivity (Wildman–Crippen MR) is 84.2 cm³/mol. The number of aromatic hydroxyl groups is 1. The highest BCUT2D eigenvalue weighted by atomic mass is 16.5. The molecule has 2 aromatic carbocycles.